The summed E-state index contributed by atoms with van der Waals surface area (Å²) < 4.78 is 39.5. The van der Waals surface area contributed by atoms with Gasteiger partial charge in [-0.05, 0) is 56.0 Å². The van der Waals surface area contributed by atoms with E-state index in [0.29, 0.717) is 18.5 Å². The normalized spacial score (nSPS) is 17.0. The van der Waals surface area contributed by atoms with Gasteiger partial charge in [0.25, 0.3) is 5.91 Å². The minimum atomic E-state index is -4.50. The lowest BCUT2D eigenvalue weighted by atomic mass is 10.0. The maximum absolute atomic E-state index is 12.9. The molecule has 0 radical (unpaired) electrons. The van der Waals surface area contributed by atoms with Crippen LogP contribution in [0.4, 0.5) is 18.9 Å². The molecule has 1 aromatic carbocycles. The molecule has 0 bridgehead atoms. The average Bonchev–Trinajstić information content (AvgIpc) is 3.17. The number of nitrogens with one attached hydrogen (secondary N) is 1. The molecule has 1 aromatic heterocycles. The second-order valence-corrected chi connectivity index (χ2v) is 5.87. The van der Waals surface area contributed by atoms with E-state index in [1.54, 1.807) is 0 Å². The summed E-state index contributed by atoms with van der Waals surface area (Å²) in [6.45, 7) is 0. The molecule has 2 aromatic rings. The molecular weight excluding hydrogens is 323 g/mol. The Labute approximate surface area is 136 Å². The van der Waals surface area contributed by atoms with E-state index in [1.165, 1.54) is 24.3 Å². The number of halogens is 3. The van der Waals surface area contributed by atoms with E-state index in [0.717, 1.165) is 29.8 Å². The number of hydrogen-bond donors (Lipinski definition) is 2. The lowest BCUT2D eigenvalue weighted by Gasteiger charge is -2.21. The number of amides is 1. The largest absolute Gasteiger partial charge is 0.433 e. The van der Waals surface area contributed by atoms with Gasteiger partial charge in [-0.25, -0.2) is 4.68 Å². The molecule has 3 rings (SSSR count). The average molecular weight is 339 g/mol. The summed E-state index contributed by atoms with van der Waals surface area (Å²) >= 11 is 0. The van der Waals surface area contributed by atoms with Crippen LogP contribution in [-0.4, -0.2) is 26.4 Å². The fraction of sp³-hybridized carbons (Fsp3) is 0.375. The summed E-state index contributed by atoms with van der Waals surface area (Å²) in [5.41, 5.74) is -1.60. The number of hydrogen-bond acceptors (Lipinski definition) is 3. The molecule has 0 saturated heterocycles. The lowest BCUT2D eigenvalue weighted by molar-refractivity contribution is -0.142. The molecule has 1 aliphatic rings. The Morgan fingerprint density at radius 2 is 1.79 bits per heavy atom. The molecule has 1 fully saturated rings. The quantitative estimate of drug-likeness (QED) is 0.903. The third kappa shape index (κ3) is 3.14. The molecule has 1 aliphatic carbocycles. The molecule has 128 valence electrons. The van der Waals surface area contributed by atoms with Crippen molar-refractivity contribution in [2.45, 2.75) is 37.5 Å². The molecule has 0 aliphatic heterocycles. The second kappa shape index (κ2) is 5.94. The maximum Gasteiger partial charge on any atom is 0.433 e. The fourth-order valence-corrected chi connectivity index (χ4v) is 2.84. The maximum atomic E-state index is 12.9. The highest BCUT2D eigenvalue weighted by Crippen LogP contribution is 2.32. The highest BCUT2D eigenvalue weighted by Gasteiger charge is 2.39. The Morgan fingerprint density at radius 3 is 2.38 bits per heavy atom. The standard InChI is InChI=1S/C16H16F3N3O2/c17-16(18,19)13-7-10-20-22(13)12-5-3-11(4-6-12)21-14(23)15(24)8-1-2-9-15/h3-7,10,24H,1-2,8-9H2,(H,21,23). The van der Waals surface area contributed by atoms with Crippen molar-refractivity contribution in [2.75, 3.05) is 5.32 Å². The molecule has 24 heavy (non-hydrogen) atoms. The van der Waals surface area contributed by atoms with E-state index < -0.39 is 23.4 Å². The van der Waals surface area contributed by atoms with E-state index in [9.17, 15) is 23.1 Å². The van der Waals surface area contributed by atoms with E-state index in [4.69, 9.17) is 0 Å². The summed E-state index contributed by atoms with van der Waals surface area (Å²) in [6.07, 6.45) is -1.01. The van der Waals surface area contributed by atoms with Gasteiger partial charge in [-0.3, -0.25) is 4.79 Å². The van der Waals surface area contributed by atoms with Gasteiger partial charge in [-0.2, -0.15) is 18.3 Å². The molecule has 0 unspecified atom stereocenters. The predicted molar refractivity (Wildman–Crippen MR) is 80.6 cm³/mol. The van der Waals surface area contributed by atoms with Crippen molar-refractivity contribution in [3.05, 3.63) is 42.2 Å². The van der Waals surface area contributed by atoms with Crippen molar-refractivity contribution in [3.8, 4) is 5.69 Å². The van der Waals surface area contributed by atoms with Gasteiger partial charge in [0.05, 0.1) is 11.9 Å². The van der Waals surface area contributed by atoms with Crippen molar-refractivity contribution in [1.82, 2.24) is 9.78 Å². The minimum Gasteiger partial charge on any atom is -0.380 e. The molecular formula is C16H16F3N3O2. The molecule has 1 saturated carbocycles. The van der Waals surface area contributed by atoms with Gasteiger partial charge in [0, 0.05) is 5.69 Å². The van der Waals surface area contributed by atoms with Gasteiger partial charge in [0.2, 0.25) is 0 Å². The number of aliphatic hydroxyl groups is 1. The Balaban J connectivity index is 1.77. The van der Waals surface area contributed by atoms with Crippen LogP contribution in [0.15, 0.2) is 36.5 Å². The van der Waals surface area contributed by atoms with Crippen LogP contribution >= 0.6 is 0 Å². The van der Waals surface area contributed by atoms with Gasteiger partial charge >= 0.3 is 6.18 Å². The Morgan fingerprint density at radius 1 is 1.17 bits per heavy atom. The van der Waals surface area contributed by atoms with Crippen LogP contribution in [0.5, 0.6) is 0 Å². The van der Waals surface area contributed by atoms with E-state index in [2.05, 4.69) is 10.4 Å². The fourth-order valence-electron chi connectivity index (χ4n) is 2.84. The van der Waals surface area contributed by atoms with Crippen molar-refractivity contribution < 1.29 is 23.1 Å². The van der Waals surface area contributed by atoms with Crippen LogP contribution in [0.3, 0.4) is 0 Å². The number of carbonyl (C=O) groups excluding carboxylic acids is 1. The van der Waals surface area contributed by atoms with Gasteiger partial charge in [-0.15, -0.1) is 0 Å². The number of benzene rings is 1. The highest BCUT2D eigenvalue weighted by molar-refractivity contribution is 5.97. The molecule has 1 heterocycles. The molecule has 5 nitrogen and oxygen atoms in total. The lowest BCUT2D eigenvalue weighted by Crippen LogP contribution is -2.40. The smallest absolute Gasteiger partial charge is 0.380 e. The van der Waals surface area contributed by atoms with Crippen molar-refractivity contribution in [1.29, 1.82) is 0 Å². The van der Waals surface area contributed by atoms with Crippen molar-refractivity contribution >= 4 is 11.6 Å². The Hall–Kier alpha value is -2.35. The van der Waals surface area contributed by atoms with E-state index in [1.807, 2.05) is 0 Å². The molecule has 0 spiro atoms. The molecule has 2 N–H and O–H groups in total. The summed E-state index contributed by atoms with van der Waals surface area (Å²) in [5.74, 6) is -0.484. The second-order valence-electron chi connectivity index (χ2n) is 5.87. The van der Waals surface area contributed by atoms with Crippen LogP contribution in [0, 0.1) is 0 Å². The first-order valence-corrected chi connectivity index (χ1v) is 7.55. The van der Waals surface area contributed by atoms with Crippen LogP contribution in [0.25, 0.3) is 5.69 Å². The van der Waals surface area contributed by atoms with Crippen LogP contribution in [-0.2, 0) is 11.0 Å². The van der Waals surface area contributed by atoms with Crippen molar-refractivity contribution in [2.24, 2.45) is 0 Å². The van der Waals surface area contributed by atoms with E-state index in [-0.39, 0.29) is 5.69 Å². The summed E-state index contributed by atoms with van der Waals surface area (Å²) in [6, 6.07) is 6.71. The Kier molecular flexibility index (Phi) is 4.08. The minimum absolute atomic E-state index is 0.227. The van der Waals surface area contributed by atoms with E-state index >= 15 is 0 Å². The predicted octanol–water partition coefficient (Wildman–Crippen LogP) is 3.13. The number of aromatic nitrogens is 2. The number of anilines is 1. The first-order chi connectivity index (χ1) is 11.3. The van der Waals surface area contributed by atoms with Crippen molar-refractivity contribution in [3.63, 3.8) is 0 Å². The van der Waals surface area contributed by atoms with Crippen LogP contribution in [0.1, 0.15) is 31.4 Å². The zero-order chi connectivity index (χ0) is 17.4. The first kappa shape index (κ1) is 16.5. The zero-order valence-corrected chi connectivity index (χ0v) is 12.7. The highest BCUT2D eigenvalue weighted by atomic mass is 19.4. The summed E-state index contributed by atoms with van der Waals surface area (Å²) in [7, 11) is 0. The van der Waals surface area contributed by atoms with Gasteiger partial charge in [-0.1, -0.05) is 0 Å². The number of carbonyl (C=O) groups is 1. The summed E-state index contributed by atoms with van der Waals surface area (Å²) in [5, 5.41) is 16.5. The third-order valence-corrected chi connectivity index (χ3v) is 4.16. The Bertz CT molecular complexity index is 732. The van der Waals surface area contributed by atoms with Gasteiger partial charge in [0.1, 0.15) is 11.3 Å². The molecule has 8 heteroatoms. The number of rotatable bonds is 3. The topological polar surface area (TPSA) is 67.2 Å². The SMILES string of the molecule is O=C(Nc1ccc(-n2nccc2C(F)(F)F)cc1)C1(O)CCCC1. The molecule has 1 amide bonds. The van der Waals surface area contributed by atoms with Gasteiger partial charge < -0.3 is 10.4 Å². The first-order valence-electron chi connectivity index (χ1n) is 7.55. The summed E-state index contributed by atoms with van der Waals surface area (Å²) in [4.78, 5) is 12.1. The molecule has 0 atom stereocenters. The zero-order valence-electron chi connectivity index (χ0n) is 12.7. The monoisotopic (exact) mass is 339 g/mol. The van der Waals surface area contributed by atoms with Crippen LogP contribution < -0.4 is 5.32 Å². The number of alkyl halides is 3. The number of nitrogens with zero attached hydrogens (tertiary/aromatic N) is 2. The van der Waals surface area contributed by atoms with Crippen LogP contribution in [0.2, 0.25) is 0 Å². The third-order valence-electron chi connectivity index (χ3n) is 4.16. The van der Waals surface area contributed by atoms with Gasteiger partial charge in [0.15, 0.2) is 0 Å².